The standard InChI is InChI=1S/C23H21ClN4O3/c1-15-6-5-8-18(12-15)30-14-19-16(2)31-27-22(19)23(29)25-21-10-11-28(26-21)13-17-7-3-4-9-20(17)24/h3-12H,13-14H2,1-2H3,(H,25,26,29). The number of nitrogens with zero attached hydrogens (tertiary/aromatic N) is 3. The minimum absolute atomic E-state index is 0.169. The van der Waals surface area contributed by atoms with Gasteiger partial charge in [0.05, 0.1) is 12.1 Å². The third-order valence-electron chi connectivity index (χ3n) is 4.74. The van der Waals surface area contributed by atoms with Crippen LogP contribution >= 0.6 is 11.6 Å². The van der Waals surface area contributed by atoms with Crippen molar-refractivity contribution in [1.82, 2.24) is 14.9 Å². The Balaban J connectivity index is 1.43. The Morgan fingerprint density at radius 3 is 2.81 bits per heavy atom. The van der Waals surface area contributed by atoms with Crippen molar-refractivity contribution in [3.63, 3.8) is 0 Å². The normalized spacial score (nSPS) is 10.8. The van der Waals surface area contributed by atoms with Gasteiger partial charge in [0, 0.05) is 17.3 Å². The van der Waals surface area contributed by atoms with E-state index in [1.165, 1.54) is 0 Å². The topological polar surface area (TPSA) is 82.2 Å². The Morgan fingerprint density at radius 1 is 1.16 bits per heavy atom. The molecule has 1 N–H and O–H groups in total. The van der Waals surface area contributed by atoms with Gasteiger partial charge in [-0.2, -0.15) is 5.10 Å². The zero-order chi connectivity index (χ0) is 21.8. The summed E-state index contributed by atoms with van der Waals surface area (Å²) in [6.45, 7) is 4.40. The molecule has 0 aliphatic carbocycles. The number of aromatic nitrogens is 3. The number of rotatable bonds is 7. The number of benzene rings is 2. The molecule has 0 spiro atoms. The molecule has 31 heavy (non-hydrogen) atoms. The molecule has 0 unspecified atom stereocenters. The number of amides is 1. The van der Waals surface area contributed by atoms with Crippen LogP contribution in [0.25, 0.3) is 0 Å². The minimum atomic E-state index is -0.414. The second-order valence-electron chi connectivity index (χ2n) is 7.12. The van der Waals surface area contributed by atoms with Crippen LogP contribution < -0.4 is 10.1 Å². The fraction of sp³-hybridized carbons (Fsp3) is 0.174. The van der Waals surface area contributed by atoms with Gasteiger partial charge in [-0.25, -0.2) is 0 Å². The molecular weight excluding hydrogens is 416 g/mol. The van der Waals surface area contributed by atoms with E-state index >= 15 is 0 Å². The molecule has 4 rings (SSSR count). The number of halogens is 1. The van der Waals surface area contributed by atoms with E-state index in [0.717, 1.165) is 11.1 Å². The van der Waals surface area contributed by atoms with Crippen molar-refractivity contribution in [3.8, 4) is 5.75 Å². The lowest BCUT2D eigenvalue weighted by Crippen LogP contribution is -2.16. The largest absolute Gasteiger partial charge is 0.489 e. The highest BCUT2D eigenvalue weighted by Gasteiger charge is 2.21. The van der Waals surface area contributed by atoms with Crippen molar-refractivity contribution in [2.45, 2.75) is 27.0 Å². The molecule has 4 aromatic rings. The van der Waals surface area contributed by atoms with Crippen LogP contribution in [0.2, 0.25) is 5.02 Å². The number of anilines is 1. The van der Waals surface area contributed by atoms with Crippen LogP contribution in [-0.2, 0) is 13.2 Å². The smallest absolute Gasteiger partial charge is 0.279 e. The molecule has 7 nitrogen and oxygen atoms in total. The molecule has 158 valence electrons. The lowest BCUT2D eigenvalue weighted by Gasteiger charge is -2.07. The van der Waals surface area contributed by atoms with Crippen LogP contribution in [0.4, 0.5) is 5.82 Å². The van der Waals surface area contributed by atoms with E-state index in [2.05, 4.69) is 15.6 Å². The maximum Gasteiger partial charge on any atom is 0.279 e. The molecule has 0 atom stereocenters. The van der Waals surface area contributed by atoms with Gasteiger partial charge < -0.3 is 14.6 Å². The molecule has 0 saturated carbocycles. The van der Waals surface area contributed by atoms with Gasteiger partial charge in [-0.05, 0) is 43.2 Å². The highest BCUT2D eigenvalue weighted by atomic mass is 35.5. The predicted molar refractivity (Wildman–Crippen MR) is 117 cm³/mol. The summed E-state index contributed by atoms with van der Waals surface area (Å²) < 4.78 is 12.8. The van der Waals surface area contributed by atoms with E-state index in [0.29, 0.717) is 34.5 Å². The summed E-state index contributed by atoms with van der Waals surface area (Å²) >= 11 is 6.21. The van der Waals surface area contributed by atoms with Crippen molar-refractivity contribution in [3.05, 3.63) is 94.0 Å². The zero-order valence-electron chi connectivity index (χ0n) is 17.1. The predicted octanol–water partition coefficient (Wildman–Crippen LogP) is 5.02. The third-order valence-corrected chi connectivity index (χ3v) is 5.11. The average Bonchev–Trinajstić information content (AvgIpc) is 3.34. The Kier molecular flexibility index (Phi) is 6.04. The first-order valence-corrected chi connectivity index (χ1v) is 10.1. The van der Waals surface area contributed by atoms with Crippen LogP contribution in [-0.4, -0.2) is 20.8 Å². The van der Waals surface area contributed by atoms with Crippen molar-refractivity contribution in [1.29, 1.82) is 0 Å². The van der Waals surface area contributed by atoms with Gasteiger partial charge in [0.1, 0.15) is 18.1 Å². The molecule has 2 heterocycles. The van der Waals surface area contributed by atoms with E-state index in [4.69, 9.17) is 20.9 Å². The van der Waals surface area contributed by atoms with Crippen LogP contribution in [0.5, 0.6) is 5.75 Å². The van der Waals surface area contributed by atoms with E-state index in [1.807, 2.05) is 55.5 Å². The van der Waals surface area contributed by atoms with Gasteiger partial charge in [0.2, 0.25) is 0 Å². The maximum absolute atomic E-state index is 12.8. The monoisotopic (exact) mass is 436 g/mol. The summed E-state index contributed by atoms with van der Waals surface area (Å²) in [6, 6.07) is 17.0. The molecular formula is C23H21ClN4O3. The lowest BCUT2D eigenvalue weighted by molar-refractivity contribution is 0.101. The summed E-state index contributed by atoms with van der Waals surface area (Å²) in [5.41, 5.74) is 2.79. The highest BCUT2D eigenvalue weighted by Crippen LogP contribution is 2.20. The zero-order valence-corrected chi connectivity index (χ0v) is 17.9. The van der Waals surface area contributed by atoms with Crippen molar-refractivity contribution < 1.29 is 14.1 Å². The SMILES string of the molecule is Cc1cccc(OCc2c(C(=O)Nc3ccn(Cc4ccccc4Cl)n3)noc2C)c1. The third kappa shape index (κ3) is 4.95. The number of nitrogens with one attached hydrogen (secondary N) is 1. The summed E-state index contributed by atoms with van der Waals surface area (Å²) in [5, 5.41) is 11.7. The van der Waals surface area contributed by atoms with Gasteiger partial charge in [-0.3, -0.25) is 9.48 Å². The molecule has 0 aliphatic heterocycles. The van der Waals surface area contributed by atoms with Gasteiger partial charge in [0.25, 0.3) is 5.91 Å². The van der Waals surface area contributed by atoms with Crippen LogP contribution in [0.3, 0.4) is 0 Å². The van der Waals surface area contributed by atoms with E-state index in [1.54, 1.807) is 23.9 Å². The van der Waals surface area contributed by atoms with E-state index in [9.17, 15) is 4.79 Å². The lowest BCUT2D eigenvalue weighted by atomic mass is 10.2. The molecule has 0 saturated heterocycles. The Hall–Kier alpha value is -3.58. The summed E-state index contributed by atoms with van der Waals surface area (Å²) in [4.78, 5) is 12.8. The number of carbonyl (C=O) groups is 1. The first-order chi connectivity index (χ1) is 15.0. The number of hydrogen-bond donors (Lipinski definition) is 1. The fourth-order valence-electron chi connectivity index (χ4n) is 3.09. The van der Waals surface area contributed by atoms with Crippen molar-refractivity contribution in [2.24, 2.45) is 0 Å². The quantitative estimate of drug-likeness (QED) is 0.439. The van der Waals surface area contributed by atoms with Crippen LogP contribution in [0.15, 0.2) is 65.3 Å². The van der Waals surface area contributed by atoms with Crippen molar-refractivity contribution in [2.75, 3.05) is 5.32 Å². The molecule has 0 bridgehead atoms. The first-order valence-electron chi connectivity index (χ1n) is 9.72. The van der Waals surface area contributed by atoms with Gasteiger partial charge >= 0.3 is 0 Å². The van der Waals surface area contributed by atoms with E-state index < -0.39 is 5.91 Å². The van der Waals surface area contributed by atoms with Crippen LogP contribution in [0, 0.1) is 13.8 Å². The second-order valence-corrected chi connectivity index (χ2v) is 7.52. The molecule has 0 radical (unpaired) electrons. The van der Waals surface area contributed by atoms with E-state index in [-0.39, 0.29) is 12.3 Å². The molecule has 0 fully saturated rings. The molecule has 2 aromatic carbocycles. The van der Waals surface area contributed by atoms with Gasteiger partial charge in [-0.15, -0.1) is 0 Å². The average molecular weight is 437 g/mol. The van der Waals surface area contributed by atoms with Gasteiger partial charge in [0.15, 0.2) is 11.5 Å². The number of carbonyl (C=O) groups excluding carboxylic acids is 1. The highest BCUT2D eigenvalue weighted by molar-refractivity contribution is 6.31. The molecule has 2 aromatic heterocycles. The van der Waals surface area contributed by atoms with Crippen molar-refractivity contribution >= 4 is 23.3 Å². The maximum atomic E-state index is 12.8. The molecule has 1 amide bonds. The van der Waals surface area contributed by atoms with Crippen LogP contribution in [0.1, 0.15) is 32.9 Å². The number of hydrogen-bond acceptors (Lipinski definition) is 5. The summed E-state index contributed by atoms with van der Waals surface area (Å²) in [5.74, 6) is 1.23. The molecule has 0 aliphatic rings. The molecule has 8 heteroatoms. The number of ether oxygens (including phenoxy) is 1. The Morgan fingerprint density at radius 2 is 2.00 bits per heavy atom. The number of aryl methyl sites for hydroxylation is 2. The fourth-order valence-corrected chi connectivity index (χ4v) is 3.29. The summed E-state index contributed by atoms with van der Waals surface area (Å²) in [6.07, 6.45) is 1.77. The van der Waals surface area contributed by atoms with Gasteiger partial charge in [-0.1, -0.05) is 47.1 Å². The minimum Gasteiger partial charge on any atom is -0.489 e. The summed E-state index contributed by atoms with van der Waals surface area (Å²) in [7, 11) is 0. The Labute approximate surface area is 184 Å². The Bertz CT molecular complexity index is 1220. The first kappa shape index (κ1) is 20.7. The second kappa shape index (κ2) is 9.06.